The molecule has 0 bridgehead atoms. The topological polar surface area (TPSA) is 55.1 Å². The lowest BCUT2D eigenvalue weighted by atomic mass is 10.2. The highest BCUT2D eigenvalue weighted by atomic mass is 79.9. The van der Waals surface area contributed by atoms with Crippen LogP contribution in [0.15, 0.2) is 22.7 Å². The van der Waals surface area contributed by atoms with E-state index in [-0.39, 0.29) is 11.9 Å². The van der Waals surface area contributed by atoms with Crippen LogP contribution in [0.1, 0.15) is 17.3 Å². The third-order valence-electron chi connectivity index (χ3n) is 2.06. The number of nitrogens with one attached hydrogen (secondary N) is 1. The first-order chi connectivity index (χ1) is 7.54. The van der Waals surface area contributed by atoms with Crippen molar-refractivity contribution < 1.29 is 4.79 Å². The van der Waals surface area contributed by atoms with Crippen LogP contribution in [0.25, 0.3) is 0 Å². The highest BCUT2D eigenvalue weighted by Gasteiger charge is 2.10. The summed E-state index contributed by atoms with van der Waals surface area (Å²) in [5, 5.41) is 2.92. The fraction of sp³-hybridized carbons (Fsp3) is 0.364. The van der Waals surface area contributed by atoms with Gasteiger partial charge >= 0.3 is 0 Å². The zero-order valence-electron chi connectivity index (χ0n) is 9.29. The van der Waals surface area contributed by atoms with Gasteiger partial charge in [0, 0.05) is 27.5 Å². The summed E-state index contributed by atoms with van der Waals surface area (Å²) in [6.45, 7) is 1.99. The molecule has 0 saturated heterocycles. The van der Waals surface area contributed by atoms with Crippen molar-refractivity contribution in [3.05, 3.63) is 28.2 Å². The molecule has 1 aromatic rings. The average Bonchev–Trinajstić information content (AvgIpc) is 2.22. The van der Waals surface area contributed by atoms with E-state index < -0.39 is 0 Å². The van der Waals surface area contributed by atoms with E-state index in [0.29, 0.717) is 11.3 Å². The molecule has 0 fully saturated rings. The molecular formula is C11H15BrN2OS. The molecule has 0 aliphatic heterocycles. The summed E-state index contributed by atoms with van der Waals surface area (Å²) in [5.41, 5.74) is 6.91. The number of rotatable bonds is 4. The van der Waals surface area contributed by atoms with Gasteiger partial charge in [-0.25, -0.2) is 0 Å². The van der Waals surface area contributed by atoms with Crippen molar-refractivity contribution in [3.8, 4) is 0 Å². The van der Waals surface area contributed by atoms with E-state index in [1.54, 1.807) is 30.0 Å². The van der Waals surface area contributed by atoms with Gasteiger partial charge in [0.05, 0.1) is 0 Å². The Hall–Kier alpha value is -0.680. The first-order valence-corrected chi connectivity index (χ1v) is 7.08. The lowest BCUT2D eigenvalue weighted by Gasteiger charge is -2.12. The Morgan fingerprint density at radius 2 is 2.31 bits per heavy atom. The molecule has 3 N–H and O–H groups in total. The third kappa shape index (κ3) is 3.72. The maximum atomic E-state index is 11.8. The Kier molecular flexibility index (Phi) is 5.15. The standard InChI is InChI=1S/C11H15BrN2OS/c1-7(6-16-2)14-11(15)8-3-4-10(13)9(12)5-8/h3-5,7H,6,13H2,1-2H3,(H,14,15). The molecule has 0 radical (unpaired) electrons. The van der Waals surface area contributed by atoms with E-state index >= 15 is 0 Å². The van der Waals surface area contributed by atoms with Gasteiger partial charge < -0.3 is 11.1 Å². The molecule has 3 nitrogen and oxygen atoms in total. The number of anilines is 1. The number of thioether (sulfide) groups is 1. The summed E-state index contributed by atoms with van der Waals surface area (Å²) in [5.74, 6) is 0.837. The molecule has 0 aromatic heterocycles. The quantitative estimate of drug-likeness (QED) is 0.840. The van der Waals surface area contributed by atoms with Crippen LogP contribution in [0.4, 0.5) is 5.69 Å². The molecule has 16 heavy (non-hydrogen) atoms. The van der Waals surface area contributed by atoms with E-state index in [1.807, 2.05) is 13.2 Å². The van der Waals surface area contributed by atoms with Crippen molar-refractivity contribution in [1.29, 1.82) is 0 Å². The molecule has 88 valence electrons. The van der Waals surface area contributed by atoms with Crippen LogP contribution >= 0.6 is 27.7 Å². The zero-order valence-corrected chi connectivity index (χ0v) is 11.7. The van der Waals surface area contributed by atoms with Gasteiger partial charge in [0.25, 0.3) is 5.91 Å². The maximum absolute atomic E-state index is 11.8. The Labute approximate surface area is 108 Å². The number of carbonyl (C=O) groups excluding carboxylic acids is 1. The molecule has 1 aromatic carbocycles. The van der Waals surface area contributed by atoms with Crippen molar-refractivity contribution in [2.75, 3.05) is 17.7 Å². The van der Waals surface area contributed by atoms with Crippen LogP contribution in [0, 0.1) is 0 Å². The third-order valence-corrected chi connectivity index (χ3v) is 3.58. The van der Waals surface area contributed by atoms with Gasteiger partial charge in [-0.05, 0) is 47.3 Å². The van der Waals surface area contributed by atoms with E-state index in [1.165, 1.54) is 0 Å². The molecule has 1 unspecified atom stereocenters. The van der Waals surface area contributed by atoms with Crippen LogP contribution in [0.3, 0.4) is 0 Å². The molecule has 0 heterocycles. The van der Waals surface area contributed by atoms with Crippen LogP contribution in [-0.2, 0) is 0 Å². The molecular weight excluding hydrogens is 288 g/mol. The summed E-state index contributed by atoms with van der Waals surface area (Å²) in [7, 11) is 0. The molecule has 0 aliphatic carbocycles. The second-order valence-electron chi connectivity index (χ2n) is 3.57. The average molecular weight is 303 g/mol. The van der Waals surface area contributed by atoms with Crippen LogP contribution in [0.5, 0.6) is 0 Å². The Morgan fingerprint density at radius 3 is 2.88 bits per heavy atom. The van der Waals surface area contributed by atoms with Crippen molar-refractivity contribution in [1.82, 2.24) is 5.32 Å². The van der Waals surface area contributed by atoms with Gasteiger partial charge in [0.2, 0.25) is 0 Å². The van der Waals surface area contributed by atoms with Crippen molar-refractivity contribution in [2.45, 2.75) is 13.0 Å². The van der Waals surface area contributed by atoms with Crippen LogP contribution < -0.4 is 11.1 Å². The summed E-state index contributed by atoms with van der Waals surface area (Å²) >= 11 is 5.01. The number of carbonyl (C=O) groups is 1. The summed E-state index contributed by atoms with van der Waals surface area (Å²) in [6, 6.07) is 5.34. The first-order valence-electron chi connectivity index (χ1n) is 4.89. The number of nitrogens with two attached hydrogens (primary N) is 1. The molecule has 0 spiro atoms. The number of benzene rings is 1. The van der Waals surface area contributed by atoms with Gasteiger partial charge in [0.1, 0.15) is 0 Å². The predicted octanol–water partition coefficient (Wildman–Crippen LogP) is 2.51. The second-order valence-corrected chi connectivity index (χ2v) is 5.33. The van der Waals surface area contributed by atoms with Crippen LogP contribution in [0.2, 0.25) is 0 Å². The number of hydrogen-bond donors (Lipinski definition) is 2. The van der Waals surface area contributed by atoms with Crippen molar-refractivity contribution >= 4 is 39.3 Å². The van der Waals surface area contributed by atoms with Gasteiger partial charge in [-0.3, -0.25) is 4.79 Å². The lowest BCUT2D eigenvalue weighted by molar-refractivity contribution is 0.0944. The zero-order chi connectivity index (χ0) is 12.1. The Bertz CT molecular complexity index is 384. The minimum Gasteiger partial charge on any atom is -0.398 e. The van der Waals surface area contributed by atoms with Gasteiger partial charge in [-0.15, -0.1) is 0 Å². The van der Waals surface area contributed by atoms with E-state index in [2.05, 4.69) is 21.2 Å². The Balaban J connectivity index is 2.69. The van der Waals surface area contributed by atoms with E-state index in [9.17, 15) is 4.79 Å². The SMILES string of the molecule is CSCC(C)NC(=O)c1ccc(N)c(Br)c1. The number of amides is 1. The second kappa shape index (κ2) is 6.15. The van der Waals surface area contributed by atoms with E-state index in [0.717, 1.165) is 10.2 Å². The number of halogens is 1. The van der Waals surface area contributed by atoms with E-state index in [4.69, 9.17) is 5.73 Å². The summed E-state index contributed by atoms with van der Waals surface area (Å²) in [4.78, 5) is 11.8. The van der Waals surface area contributed by atoms with Crippen molar-refractivity contribution in [3.63, 3.8) is 0 Å². The summed E-state index contributed by atoms with van der Waals surface area (Å²) < 4.78 is 0.748. The first kappa shape index (κ1) is 13.4. The highest BCUT2D eigenvalue weighted by molar-refractivity contribution is 9.10. The van der Waals surface area contributed by atoms with Gasteiger partial charge in [0.15, 0.2) is 0 Å². The maximum Gasteiger partial charge on any atom is 0.251 e. The molecule has 1 rings (SSSR count). The fourth-order valence-corrected chi connectivity index (χ4v) is 2.23. The fourth-order valence-electron chi connectivity index (χ4n) is 1.27. The molecule has 5 heteroatoms. The van der Waals surface area contributed by atoms with Crippen molar-refractivity contribution in [2.24, 2.45) is 0 Å². The van der Waals surface area contributed by atoms with Gasteiger partial charge in [-0.2, -0.15) is 11.8 Å². The molecule has 0 saturated carbocycles. The minimum absolute atomic E-state index is 0.0674. The summed E-state index contributed by atoms with van der Waals surface area (Å²) in [6.07, 6.45) is 2.02. The largest absolute Gasteiger partial charge is 0.398 e. The smallest absolute Gasteiger partial charge is 0.251 e. The Morgan fingerprint density at radius 1 is 1.62 bits per heavy atom. The predicted molar refractivity (Wildman–Crippen MR) is 73.9 cm³/mol. The molecule has 0 aliphatic rings. The number of nitrogen functional groups attached to an aromatic ring is 1. The monoisotopic (exact) mass is 302 g/mol. The minimum atomic E-state index is -0.0674. The van der Waals surface area contributed by atoms with Gasteiger partial charge in [-0.1, -0.05) is 0 Å². The highest BCUT2D eigenvalue weighted by Crippen LogP contribution is 2.20. The normalized spacial score (nSPS) is 12.2. The lowest BCUT2D eigenvalue weighted by Crippen LogP contribution is -2.34. The molecule has 1 amide bonds. The number of hydrogen-bond acceptors (Lipinski definition) is 3. The van der Waals surface area contributed by atoms with Crippen LogP contribution in [-0.4, -0.2) is 24.0 Å². The molecule has 1 atom stereocenters.